The fourth-order valence-corrected chi connectivity index (χ4v) is 2.95. The maximum Gasteiger partial charge on any atom is 0.338 e. The van der Waals surface area contributed by atoms with Crippen LogP contribution >= 0.6 is 0 Å². The Morgan fingerprint density at radius 3 is 2.67 bits per heavy atom. The number of hydrogen-bond donors (Lipinski definition) is 2. The summed E-state index contributed by atoms with van der Waals surface area (Å²) in [6, 6.07) is 13.7. The maximum absolute atomic E-state index is 12.1. The Morgan fingerprint density at radius 1 is 1.12 bits per heavy atom. The number of aryl methyl sites for hydroxylation is 1. The summed E-state index contributed by atoms with van der Waals surface area (Å²) in [5, 5.41) is 12.1. The van der Waals surface area contributed by atoms with E-state index in [0.717, 1.165) is 24.8 Å². The van der Waals surface area contributed by atoms with Gasteiger partial charge in [0, 0.05) is 0 Å². The number of phenols is 1. The summed E-state index contributed by atoms with van der Waals surface area (Å²) in [7, 11) is 0. The third kappa shape index (κ3) is 3.74. The van der Waals surface area contributed by atoms with Crippen molar-refractivity contribution in [2.24, 2.45) is 0 Å². The number of fused-ring (bicyclic) bond motifs is 1. The van der Waals surface area contributed by atoms with Gasteiger partial charge in [-0.3, -0.25) is 4.79 Å². The van der Waals surface area contributed by atoms with Crippen molar-refractivity contribution < 1.29 is 19.4 Å². The van der Waals surface area contributed by atoms with Gasteiger partial charge in [0.05, 0.1) is 11.6 Å². The Morgan fingerprint density at radius 2 is 1.88 bits per heavy atom. The molecule has 0 heterocycles. The van der Waals surface area contributed by atoms with Crippen LogP contribution in [0.2, 0.25) is 0 Å². The average Bonchev–Trinajstić information content (AvgIpc) is 2.61. The van der Waals surface area contributed by atoms with E-state index in [1.165, 1.54) is 29.8 Å². The van der Waals surface area contributed by atoms with Gasteiger partial charge < -0.3 is 15.2 Å². The normalized spacial score (nSPS) is 16.1. The molecule has 2 aromatic carbocycles. The molecule has 1 aliphatic carbocycles. The fraction of sp³-hybridized carbons (Fsp3) is 0.263. The van der Waals surface area contributed by atoms with Crippen LogP contribution in [0, 0.1) is 0 Å². The number of aromatic hydroxyl groups is 1. The van der Waals surface area contributed by atoms with Crippen molar-refractivity contribution in [2.75, 3.05) is 6.61 Å². The van der Waals surface area contributed by atoms with Gasteiger partial charge in [0.15, 0.2) is 6.61 Å². The van der Waals surface area contributed by atoms with Crippen molar-refractivity contribution in [3.05, 3.63) is 65.2 Å². The molecule has 0 saturated heterocycles. The highest BCUT2D eigenvalue weighted by molar-refractivity contribution is 5.91. The SMILES string of the molecule is O=C(COC(=O)c1ccc(O)cc1)N[C@@H]1CCCc2ccccc21. The smallest absolute Gasteiger partial charge is 0.338 e. The van der Waals surface area contributed by atoms with E-state index in [1.54, 1.807) is 0 Å². The first-order chi connectivity index (χ1) is 11.6. The van der Waals surface area contributed by atoms with E-state index in [0.29, 0.717) is 5.56 Å². The number of rotatable bonds is 4. The first-order valence-corrected chi connectivity index (χ1v) is 7.97. The minimum Gasteiger partial charge on any atom is -0.508 e. The van der Waals surface area contributed by atoms with E-state index in [1.807, 2.05) is 18.2 Å². The molecule has 5 heteroatoms. The van der Waals surface area contributed by atoms with Crippen LogP contribution in [0.15, 0.2) is 48.5 Å². The maximum atomic E-state index is 12.1. The van der Waals surface area contributed by atoms with E-state index < -0.39 is 5.97 Å². The number of carbonyl (C=O) groups is 2. The molecule has 0 saturated carbocycles. The molecule has 3 rings (SSSR count). The predicted molar refractivity (Wildman–Crippen MR) is 88.7 cm³/mol. The van der Waals surface area contributed by atoms with Crippen molar-refractivity contribution in [1.82, 2.24) is 5.32 Å². The lowest BCUT2D eigenvalue weighted by Gasteiger charge is -2.26. The fourth-order valence-electron chi connectivity index (χ4n) is 2.95. The lowest BCUT2D eigenvalue weighted by molar-refractivity contribution is -0.125. The second kappa shape index (κ2) is 7.17. The van der Waals surface area contributed by atoms with Crippen LogP contribution in [0.5, 0.6) is 5.75 Å². The van der Waals surface area contributed by atoms with Crippen LogP contribution in [-0.2, 0) is 16.0 Å². The van der Waals surface area contributed by atoms with Crippen LogP contribution in [0.25, 0.3) is 0 Å². The quantitative estimate of drug-likeness (QED) is 0.848. The van der Waals surface area contributed by atoms with Gasteiger partial charge in [-0.05, 0) is 54.7 Å². The highest BCUT2D eigenvalue weighted by atomic mass is 16.5. The molecule has 1 amide bonds. The number of esters is 1. The van der Waals surface area contributed by atoms with E-state index in [4.69, 9.17) is 4.74 Å². The van der Waals surface area contributed by atoms with Crippen LogP contribution in [-0.4, -0.2) is 23.6 Å². The van der Waals surface area contributed by atoms with Crippen LogP contribution < -0.4 is 5.32 Å². The van der Waals surface area contributed by atoms with Gasteiger partial charge in [-0.15, -0.1) is 0 Å². The van der Waals surface area contributed by atoms with Crippen molar-refractivity contribution in [2.45, 2.75) is 25.3 Å². The Labute approximate surface area is 140 Å². The van der Waals surface area contributed by atoms with Gasteiger partial charge in [-0.1, -0.05) is 24.3 Å². The molecule has 0 radical (unpaired) electrons. The monoisotopic (exact) mass is 325 g/mol. The molecule has 1 atom stereocenters. The lowest BCUT2D eigenvalue weighted by Crippen LogP contribution is -2.34. The molecule has 0 aromatic heterocycles. The van der Waals surface area contributed by atoms with Crippen LogP contribution in [0.3, 0.4) is 0 Å². The molecule has 1 aliphatic rings. The Kier molecular flexibility index (Phi) is 4.79. The van der Waals surface area contributed by atoms with Gasteiger partial charge >= 0.3 is 5.97 Å². The zero-order chi connectivity index (χ0) is 16.9. The molecule has 0 unspecified atom stereocenters. The standard InChI is InChI=1S/C19H19NO4/c21-15-10-8-14(9-11-15)19(23)24-12-18(22)20-17-7-3-5-13-4-1-2-6-16(13)17/h1-2,4,6,8-11,17,21H,3,5,7,12H2,(H,20,22)/t17-/m1/s1. The number of nitrogens with one attached hydrogen (secondary N) is 1. The molecule has 5 nitrogen and oxygen atoms in total. The summed E-state index contributed by atoms with van der Waals surface area (Å²) in [6.07, 6.45) is 2.93. The van der Waals surface area contributed by atoms with Gasteiger partial charge in [-0.25, -0.2) is 4.79 Å². The number of amides is 1. The molecule has 0 spiro atoms. The predicted octanol–water partition coefficient (Wildman–Crippen LogP) is 2.74. The first-order valence-electron chi connectivity index (χ1n) is 7.97. The molecule has 24 heavy (non-hydrogen) atoms. The van der Waals surface area contributed by atoms with Gasteiger partial charge in [0.25, 0.3) is 5.91 Å². The van der Waals surface area contributed by atoms with E-state index in [-0.39, 0.29) is 24.3 Å². The highest BCUT2D eigenvalue weighted by Gasteiger charge is 2.21. The Balaban J connectivity index is 1.55. The number of phenolic OH excluding ortho intramolecular Hbond substituents is 1. The average molecular weight is 325 g/mol. The van der Waals surface area contributed by atoms with Crippen LogP contribution in [0.1, 0.15) is 40.4 Å². The topological polar surface area (TPSA) is 75.6 Å². The summed E-state index contributed by atoms with van der Waals surface area (Å²) >= 11 is 0. The molecule has 0 fully saturated rings. The molecular weight excluding hydrogens is 306 g/mol. The summed E-state index contributed by atoms with van der Waals surface area (Å²) < 4.78 is 5.03. The summed E-state index contributed by atoms with van der Waals surface area (Å²) in [6.45, 7) is -0.321. The Bertz CT molecular complexity index is 739. The minimum atomic E-state index is -0.589. The van der Waals surface area contributed by atoms with Gasteiger partial charge in [0.2, 0.25) is 0 Å². The largest absolute Gasteiger partial charge is 0.508 e. The summed E-state index contributed by atoms with van der Waals surface area (Å²) in [5.41, 5.74) is 2.70. The number of hydrogen-bond acceptors (Lipinski definition) is 4. The van der Waals surface area contributed by atoms with Crippen molar-refractivity contribution in [1.29, 1.82) is 0 Å². The Hall–Kier alpha value is -2.82. The highest BCUT2D eigenvalue weighted by Crippen LogP contribution is 2.29. The van der Waals surface area contributed by atoms with Crippen molar-refractivity contribution >= 4 is 11.9 Å². The zero-order valence-electron chi connectivity index (χ0n) is 13.2. The molecule has 0 bridgehead atoms. The number of benzene rings is 2. The minimum absolute atomic E-state index is 0.0326. The second-order valence-corrected chi connectivity index (χ2v) is 5.83. The van der Waals surface area contributed by atoms with Crippen molar-refractivity contribution in [3.63, 3.8) is 0 Å². The van der Waals surface area contributed by atoms with Crippen LogP contribution in [0.4, 0.5) is 0 Å². The summed E-state index contributed by atoms with van der Waals surface area (Å²) in [4.78, 5) is 23.9. The van der Waals surface area contributed by atoms with E-state index in [9.17, 15) is 14.7 Å². The van der Waals surface area contributed by atoms with Gasteiger partial charge in [-0.2, -0.15) is 0 Å². The van der Waals surface area contributed by atoms with Crippen molar-refractivity contribution in [3.8, 4) is 5.75 Å². The number of ether oxygens (including phenoxy) is 1. The molecular formula is C19H19NO4. The third-order valence-corrected chi connectivity index (χ3v) is 4.14. The lowest BCUT2D eigenvalue weighted by atomic mass is 9.88. The van der Waals surface area contributed by atoms with E-state index >= 15 is 0 Å². The van der Waals surface area contributed by atoms with E-state index in [2.05, 4.69) is 11.4 Å². The molecule has 2 aromatic rings. The third-order valence-electron chi connectivity index (χ3n) is 4.14. The number of carbonyl (C=O) groups excluding carboxylic acids is 2. The molecule has 2 N–H and O–H groups in total. The summed E-state index contributed by atoms with van der Waals surface area (Å²) in [5.74, 6) is -0.835. The molecule has 0 aliphatic heterocycles. The zero-order valence-corrected chi connectivity index (χ0v) is 13.2. The first kappa shape index (κ1) is 16.1. The van der Waals surface area contributed by atoms with Gasteiger partial charge in [0.1, 0.15) is 5.75 Å². The molecule has 124 valence electrons. The second-order valence-electron chi connectivity index (χ2n) is 5.83.